The summed E-state index contributed by atoms with van der Waals surface area (Å²) < 4.78 is 0. The molecule has 0 spiro atoms. The normalized spacial score (nSPS) is 10.0. The first-order valence-electron chi connectivity index (χ1n) is 6.68. The summed E-state index contributed by atoms with van der Waals surface area (Å²) in [6.45, 7) is 2.55. The average Bonchev–Trinajstić information content (AvgIpc) is 2.54. The molecule has 1 heterocycles. The molecule has 0 bridgehead atoms. The van der Waals surface area contributed by atoms with E-state index >= 15 is 0 Å². The van der Waals surface area contributed by atoms with E-state index in [1.807, 2.05) is 6.92 Å². The molecule has 0 unspecified atom stereocenters. The number of carbonyl (C=O) groups is 2. The van der Waals surface area contributed by atoms with E-state index in [1.54, 1.807) is 60.7 Å². The van der Waals surface area contributed by atoms with Crippen molar-refractivity contribution in [3.63, 3.8) is 0 Å². The van der Waals surface area contributed by atoms with Crippen LogP contribution in [0.25, 0.3) is 0 Å². The summed E-state index contributed by atoms with van der Waals surface area (Å²) in [5.41, 5.74) is 1.69. The minimum absolute atomic E-state index is 0.0586. The molecule has 1 N–H and O–H groups in total. The first-order valence-corrected chi connectivity index (χ1v) is 6.68. The first kappa shape index (κ1) is 14.7. The van der Waals surface area contributed by atoms with Gasteiger partial charge in [0.25, 0.3) is 11.8 Å². The Bertz CT molecular complexity index is 624. The molecule has 0 aliphatic heterocycles. The van der Waals surface area contributed by atoms with Gasteiger partial charge in [0, 0.05) is 30.9 Å². The van der Waals surface area contributed by atoms with E-state index in [1.165, 1.54) is 0 Å². The average molecular weight is 283 g/mol. The second-order valence-corrected chi connectivity index (χ2v) is 4.59. The van der Waals surface area contributed by atoms with Gasteiger partial charge in [-0.25, -0.2) is 0 Å². The third-order valence-corrected chi connectivity index (χ3v) is 3.13. The fraction of sp³-hybridized carbons (Fsp3) is 0.188. The van der Waals surface area contributed by atoms with Crippen LogP contribution in [0.4, 0.5) is 5.69 Å². The first-order chi connectivity index (χ1) is 10.1. The summed E-state index contributed by atoms with van der Waals surface area (Å²) in [6, 6.07) is 10.1. The Morgan fingerprint density at radius 1 is 1.14 bits per heavy atom. The molecule has 1 aromatic carbocycles. The number of nitrogens with zero attached hydrogens (tertiary/aromatic N) is 2. The van der Waals surface area contributed by atoms with E-state index in [2.05, 4.69) is 10.3 Å². The number of hydrogen-bond acceptors (Lipinski definition) is 3. The number of carbonyl (C=O) groups excluding carboxylic acids is 2. The highest BCUT2D eigenvalue weighted by atomic mass is 16.2. The third kappa shape index (κ3) is 3.66. The minimum Gasteiger partial charge on any atom is -0.342 e. The maximum absolute atomic E-state index is 12.1. The molecule has 2 amide bonds. The Morgan fingerprint density at radius 2 is 1.81 bits per heavy atom. The van der Waals surface area contributed by atoms with E-state index in [9.17, 15) is 9.59 Å². The van der Waals surface area contributed by atoms with Crippen LogP contribution in [0.1, 0.15) is 27.6 Å². The smallest absolute Gasteiger partial charge is 0.255 e. The number of amides is 2. The van der Waals surface area contributed by atoms with Gasteiger partial charge >= 0.3 is 0 Å². The van der Waals surface area contributed by atoms with Gasteiger partial charge in [-0.3, -0.25) is 14.6 Å². The lowest BCUT2D eigenvalue weighted by Crippen LogP contribution is -2.26. The molecule has 0 aliphatic rings. The quantitative estimate of drug-likeness (QED) is 0.937. The highest BCUT2D eigenvalue weighted by Gasteiger charge is 2.11. The van der Waals surface area contributed by atoms with E-state index in [-0.39, 0.29) is 11.8 Å². The topological polar surface area (TPSA) is 62.3 Å². The third-order valence-electron chi connectivity index (χ3n) is 3.13. The lowest BCUT2D eigenvalue weighted by Gasteiger charge is -2.14. The van der Waals surface area contributed by atoms with Crippen molar-refractivity contribution in [1.82, 2.24) is 9.88 Å². The molecule has 0 aliphatic carbocycles. The fourth-order valence-electron chi connectivity index (χ4n) is 1.77. The van der Waals surface area contributed by atoms with Crippen LogP contribution in [0.5, 0.6) is 0 Å². The van der Waals surface area contributed by atoms with Gasteiger partial charge in [0.15, 0.2) is 0 Å². The molecule has 0 atom stereocenters. The Labute approximate surface area is 123 Å². The number of nitrogens with one attached hydrogen (secondary N) is 1. The molecule has 0 saturated heterocycles. The van der Waals surface area contributed by atoms with Gasteiger partial charge in [-0.15, -0.1) is 0 Å². The lowest BCUT2D eigenvalue weighted by molar-refractivity contribution is 0.0802. The number of benzene rings is 1. The van der Waals surface area contributed by atoms with Crippen LogP contribution in [0.2, 0.25) is 0 Å². The molecular formula is C16H17N3O2. The highest BCUT2D eigenvalue weighted by Crippen LogP contribution is 2.10. The van der Waals surface area contributed by atoms with Crippen molar-refractivity contribution in [3.05, 3.63) is 59.9 Å². The van der Waals surface area contributed by atoms with Gasteiger partial charge in [-0.05, 0) is 43.3 Å². The zero-order chi connectivity index (χ0) is 15.2. The molecule has 0 saturated carbocycles. The van der Waals surface area contributed by atoms with Crippen molar-refractivity contribution in [2.24, 2.45) is 0 Å². The van der Waals surface area contributed by atoms with Crippen molar-refractivity contribution in [1.29, 1.82) is 0 Å². The maximum Gasteiger partial charge on any atom is 0.255 e. The van der Waals surface area contributed by atoms with Crippen LogP contribution < -0.4 is 5.32 Å². The number of pyridine rings is 1. The van der Waals surface area contributed by atoms with Crippen LogP contribution in [-0.4, -0.2) is 35.3 Å². The Balaban J connectivity index is 2.08. The van der Waals surface area contributed by atoms with Crippen LogP contribution in [0.3, 0.4) is 0 Å². The number of hydrogen-bond donors (Lipinski definition) is 1. The monoisotopic (exact) mass is 283 g/mol. The summed E-state index contributed by atoms with van der Waals surface area (Å²) in [7, 11) is 1.74. The molecule has 21 heavy (non-hydrogen) atoms. The summed E-state index contributed by atoms with van der Waals surface area (Å²) in [4.78, 5) is 29.6. The van der Waals surface area contributed by atoms with Gasteiger partial charge in [0.2, 0.25) is 0 Å². The Morgan fingerprint density at radius 3 is 2.38 bits per heavy atom. The molecule has 5 nitrogen and oxygen atoms in total. The Kier molecular flexibility index (Phi) is 4.66. The van der Waals surface area contributed by atoms with E-state index in [0.717, 1.165) is 0 Å². The number of aromatic nitrogens is 1. The number of anilines is 1. The van der Waals surface area contributed by atoms with Gasteiger partial charge < -0.3 is 10.2 Å². The summed E-state index contributed by atoms with van der Waals surface area (Å²) in [5, 5.41) is 2.74. The maximum atomic E-state index is 12.1. The fourth-order valence-corrected chi connectivity index (χ4v) is 1.77. The van der Waals surface area contributed by atoms with E-state index in [0.29, 0.717) is 23.4 Å². The van der Waals surface area contributed by atoms with E-state index < -0.39 is 0 Å². The summed E-state index contributed by atoms with van der Waals surface area (Å²) in [5.74, 6) is -0.289. The number of rotatable bonds is 4. The minimum atomic E-state index is -0.231. The van der Waals surface area contributed by atoms with Crippen molar-refractivity contribution in [3.8, 4) is 0 Å². The molecule has 108 valence electrons. The predicted octanol–water partition coefficient (Wildman–Crippen LogP) is 2.43. The second-order valence-electron chi connectivity index (χ2n) is 4.59. The van der Waals surface area contributed by atoms with Crippen LogP contribution in [0.15, 0.2) is 48.8 Å². The largest absolute Gasteiger partial charge is 0.342 e. The summed E-state index contributed by atoms with van der Waals surface area (Å²) >= 11 is 0. The van der Waals surface area contributed by atoms with Gasteiger partial charge in [0.1, 0.15) is 0 Å². The van der Waals surface area contributed by atoms with Crippen molar-refractivity contribution in [2.75, 3.05) is 18.9 Å². The highest BCUT2D eigenvalue weighted by molar-refractivity contribution is 6.05. The molecule has 2 aromatic rings. The van der Waals surface area contributed by atoms with Crippen LogP contribution in [-0.2, 0) is 0 Å². The van der Waals surface area contributed by atoms with Gasteiger partial charge in [-0.2, -0.15) is 0 Å². The van der Waals surface area contributed by atoms with Crippen LogP contribution >= 0.6 is 0 Å². The van der Waals surface area contributed by atoms with Crippen molar-refractivity contribution >= 4 is 17.5 Å². The lowest BCUT2D eigenvalue weighted by atomic mass is 10.1. The second kappa shape index (κ2) is 6.65. The van der Waals surface area contributed by atoms with Crippen molar-refractivity contribution < 1.29 is 9.59 Å². The predicted molar refractivity (Wildman–Crippen MR) is 81.3 cm³/mol. The zero-order valence-corrected chi connectivity index (χ0v) is 12.0. The molecule has 1 aromatic heterocycles. The van der Waals surface area contributed by atoms with Gasteiger partial charge in [-0.1, -0.05) is 0 Å². The molecule has 2 rings (SSSR count). The molecule has 0 fully saturated rings. The molecular weight excluding hydrogens is 266 g/mol. The van der Waals surface area contributed by atoms with Gasteiger partial charge in [0.05, 0.1) is 11.9 Å². The SMILES string of the molecule is CCN(C)C(=O)c1ccc(C(=O)Nc2cccnc2)cc1. The van der Waals surface area contributed by atoms with Crippen molar-refractivity contribution in [2.45, 2.75) is 6.92 Å². The molecule has 0 radical (unpaired) electrons. The Hall–Kier alpha value is -2.69. The molecule has 5 heteroatoms. The summed E-state index contributed by atoms with van der Waals surface area (Å²) in [6.07, 6.45) is 3.21. The standard InChI is InChI=1S/C16H17N3O2/c1-3-19(2)16(21)13-8-6-12(7-9-13)15(20)18-14-5-4-10-17-11-14/h4-11H,3H2,1-2H3,(H,18,20). The van der Waals surface area contributed by atoms with E-state index in [4.69, 9.17) is 0 Å². The zero-order valence-electron chi connectivity index (χ0n) is 12.0. The van der Waals surface area contributed by atoms with Crippen LogP contribution in [0, 0.1) is 0 Å².